The van der Waals surface area contributed by atoms with E-state index in [1.807, 2.05) is 24.3 Å². The molecule has 3 heterocycles. The molecule has 11 aromatic rings. The lowest BCUT2D eigenvalue weighted by Gasteiger charge is -2.12. The second-order valence-corrected chi connectivity index (χ2v) is 14.2. The molecule has 11 rings (SSSR count). The van der Waals surface area contributed by atoms with Crippen LogP contribution >= 0.6 is 0 Å². The molecule has 0 aliphatic heterocycles. The number of hydrogen-bond donors (Lipinski definition) is 0. The maximum Gasteiger partial charge on any atom is 0.160 e. The van der Waals surface area contributed by atoms with Crippen LogP contribution in [0.2, 0.25) is 0 Å². The summed E-state index contributed by atoms with van der Waals surface area (Å²) in [6, 6.07) is 73.2. The molecule has 0 atom stereocenters. The zero-order valence-corrected chi connectivity index (χ0v) is 30.4. The van der Waals surface area contributed by atoms with Crippen molar-refractivity contribution in [1.82, 2.24) is 19.1 Å². The van der Waals surface area contributed by atoms with Crippen molar-refractivity contribution in [1.29, 1.82) is 0 Å². The van der Waals surface area contributed by atoms with Crippen molar-refractivity contribution in [2.45, 2.75) is 0 Å². The van der Waals surface area contributed by atoms with Crippen LogP contribution in [0.25, 0.3) is 100 Å². The third kappa shape index (κ3) is 5.23. The van der Waals surface area contributed by atoms with Crippen LogP contribution in [-0.4, -0.2) is 19.1 Å². The third-order valence-electron chi connectivity index (χ3n) is 10.9. The van der Waals surface area contributed by atoms with E-state index >= 15 is 0 Å². The van der Waals surface area contributed by atoms with Crippen LogP contribution in [0.5, 0.6) is 0 Å². The Morgan fingerprint density at radius 2 is 0.714 bits per heavy atom. The van der Waals surface area contributed by atoms with Gasteiger partial charge in [-0.15, -0.1) is 0 Å². The molecular formula is C52H34N4. The highest BCUT2D eigenvalue weighted by Gasteiger charge is 2.21. The molecule has 4 nitrogen and oxygen atoms in total. The number of nitrogens with zero attached hydrogens (tertiary/aromatic N) is 4. The van der Waals surface area contributed by atoms with Gasteiger partial charge in [0.15, 0.2) is 5.82 Å². The number of aromatic nitrogens is 4. The van der Waals surface area contributed by atoms with Crippen LogP contribution in [-0.2, 0) is 0 Å². The average molecular weight is 715 g/mol. The Kier molecular flexibility index (Phi) is 7.46. The van der Waals surface area contributed by atoms with Gasteiger partial charge in [-0.3, -0.25) is 0 Å². The summed E-state index contributed by atoms with van der Waals surface area (Å²) >= 11 is 0. The van der Waals surface area contributed by atoms with E-state index in [4.69, 9.17) is 9.97 Å². The van der Waals surface area contributed by atoms with Gasteiger partial charge in [-0.25, -0.2) is 9.97 Å². The second-order valence-electron chi connectivity index (χ2n) is 14.2. The van der Waals surface area contributed by atoms with Crippen LogP contribution < -0.4 is 0 Å². The minimum Gasteiger partial charge on any atom is -0.309 e. The molecule has 0 N–H and O–H groups in total. The van der Waals surface area contributed by atoms with Crippen molar-refractivity contribution in [3.63, 3.8) is 0 Å². The molecule has 0 aliphatic carbocycles. The minimum absolute atomic E-state index is 0.706. The Balaban J connectivity index is 1.13. The van der Waals surface area contributed by atoms with Gasteiger partial charge in [0, 0.05) is 49.6 Å². The number of rotatable bonds is 6. The Hall–Kier alpha value is -7.56. The van der Waals surface area contributed by atoms with Gasteiger partial charge < -0.3 is 9.13 Å². The molecule has 0 amide bonds. The highest BCUT2D eigenvalue weighted by Crippen LogP contribution is 2.43. The van der Waals surface area contributed by atoms with Gasteiger partial charge in [0.05, 0.1) is 33.5 Å². The van der Waals surface area contributed by atoms with Crippen LogP contribution in [0.1, 0.15) is 0 Å². The topological polar surface area (TPSA) is 35.6 Å². The lowest BCUT2D eigenvalue weighted by atomic mass is 10.0. The third-order valence-corrected chi connectivity index (χ3v) is 10.9. The van der Waals surface area contributed by atoms with Gasteiger partial charge in [-0.1, -0.05) is 152 Å². The summed E-state index contributed by atoms with van der Waals surface area (Å²) in [7, 11) is 0. The molecule has 0 bridgehead atoms. The van der Waals surface area contributed by atoms with Crippen LogP contribution in [0.15, 0.2) is 206 Å². The summed E-state index contributed by atoms with van der Waals surface area (Å²) in [6.45, 7) is 0. The Bertz CT molecular complexity index is 3170. The zero-order valence-electron chi connectivity index (χ0n) is 30.4. The Morgan fingerprint density at radius 3 is 1.29 bits per heavy atom. The maximum absolute atomic E-state index is 5.16. The molecule has 0 saturated carbocycles. The normalized spacial score (nSPS) is 11.6. The molecular weight excluding hydrogens is 681 g/mol. The van der Waals surface area contributed by atoms with Crippen molar-refractivity contribution in [2.24, 2.45) is 0 Å². The molecule has 0 spiro atoms. The van der Waals surface area contributed by atoms with E-state index in [1.165, 1.54) is 43.7 Å². The van der Waals surface area contributed by atoms with Crippen LogP contribution in [0.3, 0.4) is 0 Å². The lowest BCUT2D eigenvalue weighted by molar-refractivity contribution is 1.16. The molecule has 0 fully saturated rings. The van der Waals surface area contributed by atoms with E-state index in [1.54, 1.807) is 0 Å². The minimum atomic E-state index is 0.706. The van der Waals surface area contributed by atoms with Crippen molar-refractivity contribution in [3.05, 3.63) is 206 Å². The molecule has 0 aliphatic rings. The number of fused-ring (bicyclic) bond motifs is 7. The van der Waals surface area contributed by atoms with E-state index in [2.05, 4.69) is 191 Å². The van der Waals surface area contributed by atoms with Crippen molar-refractivity contribution in [2.75, 3.05) is 0 Å². The maximum atomic E-state index is 5.16. The summed E-state index contributed by atoms with van der Waals surface area (Å²) < 4.78 is 4.83. The molecule has 56 heavy (non-hydrogen) atoms. The molecule has 0 unspecified atom stereocenters. The fourth-order valence-corrected chi connectivity index (χ4v) is 8.40. The van der Waals surface area contributed by atoms with Gasteiger partial charge >= 0.3 is 0 Å². The van der Waals surface area contributed by atoms with Gasteiger partial charge in [0.2, 0.25) is 0 Å². The van der Waals surface area contributed by atoms with Gasteiger partial charge in [0.1, 0.15) is 0 Å². The Labute approximate surface area is 324 Å². The predicted octanol–water partition coefficient (Wildman–Crippen LogP) is 13.3. The molecule has 262 valence electrons. The summed E-state index contributed by atoms with van der Waals surface area (Å²) in [5.41, 5.74) is 14.2. The van der Waals surface area contributed by atoms with Gasteiger partial charge in [-0.2, -0.15) is 0 Å². The summed E-state index contributed by atoms with van der Waals surface area (Å²) in [6.07, 6.45) is 0. The Morgan fingerprint density at radius 1 is 0.286 bits per heavy atom. The molecule has 8 aromatic carbocycles. The van der Waals surface area contributed by atoms with E-state index in [-0.39, 0.29) is 0 Å². The fourth-order valence-electron chi connectivity index (χ4n) is 8.40. The molecule has 0 saturated heterocycles. The molecule has 4 heteroatoms. The number of benzene rings is 8. The quantitative estimate of drug-likeness (QED) is 0.172. The van der Waals surface area contributed by atoms with E-state index < -0.39 is 0 Å². The van der Waals surface area contributed by atoms with Crippen molar-refractivity contribution < 1.29 is 0 Å². The first kappa shape index (κ1) is 31.9. The lowest BCUT2D eigenvalue weighted by Crippen LogP contribution is -1.98. The highest BCUT2D eigenvalue weighted by atomic mass is 15.0. The standard InChI is InChI=1S/C52H34N4/c1-4-16-35(17-5-1)38-22-14-24-40(32-38)55-46-28-12-10-26-42(46)50-48(55)30-31-49-51(50)43-27-11-13-29-47(43)56(49)41-25-15-23-39(33-41)45-34-44(36-18-6-2-7-19-36)53-52(54-45)37-20-8-3-9-21-37/h1-34H. The summed E-state index contributed by atoms with van der Waals surface area (Å²) in [4.78, 5) is 10.2. The first-order valence-corrected chi connectivity index (χ1v) is 19.0. The number of hydrogen-bond acceptors (Lipinski definition) is 2. The number of para-hydroxylation sites is 2. The van der Waals surface area contributed by atoms with Crippen molar-refractivity contribution in [3.8, 4) is 56.4 Å². The monoisotopic (exact) mass is 714 g/mol. The highest BCUT2D eigenvalue weighted by molar-refractivity contribution is 6.28. The predicted molar refractivity (Wildman–Crippen MR) is 232 cm³/mol. The summed E-state index contributed by atoms with van der Waals surface area (Å²) in [5, 5.41) is 4.96. The largest absolute Gasteiger partial charge is 0.309 e. The van der Waals surface area contributed by atoms with Gasteiger partial charge in [0.25, 0.3) is 0 Å². The van der Waals surface area contributed by atoms with E-state index in [9.17, 15) is 0 Å². The smallest absolute Gasteiger partial charge is 0.160 e. The second kappa shape index (κ2) is 13.1. The fraction of sp³-hybridized carbons (Fsp3) is 0. The first-order valence-electron chi connectivity index (χ1n) is 19.0. The zero-order chi connectivity index (χ0) is 37.0. The molecule has 0 radical (unpaired) electrons. The SMILES string of the molecule is c1ccc(-c2cccc(-n3c4ccccc4c4c5c6ccccc6n(-c6cccc(-c7cc(-c8ccccc8)nc(-c8ccccc8)n7)c6)c5ccc43)c2)cc1. The van der Waals surface area contributed by atoms with Crippen LogP contribution in [0, 0.1) is 0 Å². The van der Waals surface area contributed by atoms with Gasteiger partial charge in [-0.05, 0) is 65.7 Å². The van der Waals surface area contributed by atoms with Crippen LogP contribution in [0.4, 0.5) is 0 Å². The first-order chi connectivity index (χ1) is 27.8. The van der Waals surface area contributed by atoms with E-state index in [0.29, 0.717) is 5.82 Å². The summed E-state index contributed by atoms with van der Waals surface area (Å²) in [5.74, 6) is 0.706. The van der Waals surface area contributed by atoms with E-state index in [0.717, 1.165) is 50.5 Å². The van der Waals surface area contributed by atoms with Crippen molar-refractivity contribution >= 4 is 43.6 Å². The molecule has 3 aromatic heterocycles. The average Bonchev–Trinajstić information content (AvgIpc) is 3.80.